The first kappa shape index (κ1) is 19.1. The molecular weight excluding hydrogens is 340 g/mol. The minimum Gasteiger partial charge on any atom is -0.329 e. The second-order valence-corrected chi connectivity index (χ2v) is 5.76. The molecule has 0 unspecified atom stereocenters. The smallest absolute Gasteiger partial charge is 0.329 e. The van der Waals surface area contributed by atoms with Crippen LogP contribution in [0.15, 0.2) is 22.7 Å². The second kappa shape index (κ2) is 7.76. The van der Waals surface area contributed by atoms with Crippen LogP contribution in [0.25, 0.3) is 11.4 Å². The Balaban J connectivity index is 2.15. The largest absolute Gasteiger partial charge is 0.471 e. The van der Waals surface area contributed by atoms with Crippen molar-refractivity contribution in [2.45, 2.75) is 45.7 Å². The van der Waals surface area contributed by atoms with Gasteiger partial charge in [0.1, 0.15) is 5.82 Å². The molecule has 0 N–H and O–H groups in total. The van der Waals surface area contributed by atoms with E-state index in [4.69, 9.17) is 0 Å². The molecule has 0 fully saturated rings. The van der Waals surface area contributed by atoms with Gasteiger partial charge in [0.15, 0.2) is 5.78 Å². The Morgan fingerprint density at radius 1 is 1.24 bits per heavy atom. The molecule has 136 valence electrons. The number of alkyl halides is 3. The molecule has 0 atom stereocenters. The highest BCUT2D eigenvalue weighted by molar-refractivity contribution is 5.96. The predicted octanol–water partition coefficient (Wildman–Crippen LogP) is 5.29. The first-order valence-corrected chi connectivity index (χ1v) is 8.00. The predicted molar refractivity (Wildman–Crippen MR) is 82.3 cm³/mol. The zero-order chi connectivity index (χ0) is 18.6. The van der Waals surface area contributed by atoms with E-state index in [1.807, 2.05) is 13.8 Å². The third kappa shape index (κ3) is 4.64. The Labute approximate surface area is 142 Å². The van der Waals surface area contributed by atoms with Gasteiger partial charge in [0, 0.05) is 12.0 Å². The normalized spacial score (nSPS) is 12.0. The lowest BCUT2D eigenvalue weighted by Gasteiger charge is -2.11. The van der Waals surface area contributed by atoms with Crippen LogP contribution in [0.1, 0.15) is 55.8 Å². The molecule has 1 aromatic carbocycles. The van der Waals surface area contributed by atoms with Gasteiger partial charge in [0.2, 0.25) is 5.82 Å². The lowest BCUT2D eigenvalue weighted by molar-refractivity contribution is -0.159. The molecule has 0 amide bonds. The highest BCUT2D eigenvalue weighted by Crippen LogP contribution is 2.30. The van der Waals surface area contributed by atoms with E-state index >= 15 is 0 Å². The lowest BCUT2D eigenvalue weighted by Crippen LogP contribution is -2.06. The number of rotatable bonds is 7. The molecule has 1 aromatic heterocycles. The topological polar surface area (TPSA) is 56.0 Å². The van der Waals surface area contributed by atoms with Gasteiger partial charge in [0.25, 0.3) is 0 Å². The van der Waals surface area contributed by atoms with Crippen LogP contribution in [-0.4, -0.2) is 15.9 Å². The number of hydrogen-bond donors (Lipinski definition) is 0. The van der Waals surface area contributed by atoms with E-state index in [0.29, 0.717) is 12.3 Å². The maximum absolute atomic E-state index is 14.2. The summed E-state index contributed by atoms with van der Waals surface area (Å²) in [7, 11) is 0. The fourth-order valence-electron chi connectivity index (χ4n) is 2.50. The third-order valence-corrected chi connectivity index (χ3v) is 4.13. The summed E-state index contributed by atoms with van der Waals surface area (Å²) in [5.74, 6) is -2.63. The van der Waals surface area contributed by atoms with E-state index in [1.54, 1.807) is 0 Å². The Morgan fingerprint density at radius 2 is 1.92 bits per heavy atom. The van der Waals surface area contributed by atoms with Crippen LogP contribution in [-0.2, 0) is 6.18 Å². The number of halogens is 4. The number of benzene rings is 1. The number of ketones is 1. The SMILES string of the molecule is CCC(CC)CCC(=O)c1ccc(-c2noc(C(F)(F)F)n2)cc1F. The summed E-state index contributed by atoms with van der Waals surface area (Å²) in [5, 5.41) is 3.19. The molecule has 0 aliphatic heterocycles. The molecule has 8 heteroatoms. The van der Waals surface area contributed by atoms with Gasteiger partial charge in [0.05, 0.1) is 5.56 Å². The first-order valence-electron chi connectivity index (χ1n) is 8.00. The van der Waals surface area contributed by atoms with Crippen LogP contribution < -0.4 is 0 Å². The van der Waals surface area contributed by atoms with Crippen LogP contribution in [0.3, 0.4) is 0 Å². The number of hydrogen-bond acceptors (Lipinski definition) is 4. The Morgan fingerprint density at radius 3 is 2.44 bits per heavy atom. The quantitative estimate of drug-likeness (QED) is 0.498. The summed E-state index contributed by atoms with van der Waals surface area (Å²) in [5.41, 5.74) is -0.0810. The van der Waals surface area contributed by atoms with Gasteiger partial charge in [-0.3, -0.25) is 4.79 Å². The van der Waals surface area contributed by atoms with Gasteiger partial charge in [-0.1, -0.05) is 37.9 Å². The molecule has 2 rings (SSSR count). The Hall–Kier alpha value is -2.25. The summed E-state index contributed by atoms with van der Waals surface area (Å²) >= 11 is 0. The molecule has 0 radical (unpaired) electrons. The van der Waals surface area contributed by atoms with Crippen molar-refractivity contribution in [3.63, 3.8) is 0 Å². The van der Waals surface area contributed by atoms with E-state index in [9.17, 15) is 22.4 Å². The zero-order valence-corrected chi connectivity index (χ0v) is 13.9. The number of aromatic nitrogens is 2. The van der Waals surface area contributed by atoms with E-state index < -0.39 is 17.9 Å². The molecular formula is C17H18F4N2O2. The molecule has 1 heterocycles. The van der Waals surface area contributed by atoms with Gasteiger partial charge in [-0.05, 0) is 24.5 Å². The van der Waals surface area contributed by atoms with Crippen LogP contribution in [0.2, 0.25) is 0 Å². The molecule has 0 aliphatic carbocycles. The average molecular weight is 358 g/mol. The van der Waals surface area contributed by atoms with Crippen molar-refractivity contribution in [1.82, 2.24) is 10.1 Å². The number of Topliss-reactive ketones (excluding diaryl/α,β-unsaturated/α-hetero) is 1. The van der Waals surface area contributed by atoms with Crippen molar-refractivity contribution >= 4 is 5.78 Å². The molecule has 2 aromatic rings. The minimum atomic E-state index is -4.77. The fourth-order valence-corrected chi connectivity index (χ4v) is 2.50. The molecule has 0 spiro atoms. The fraction of sp³-hybridized carbons (Fsp3) is 0.471. The summed E-state index contributed by atoms with van der Waals surface area (Å²) < 4.78 is 55.7. The second-order valence-electron chi connectivity index (χ2n) is 5.76. The average Bonchev–Trinajstić information content (AvgIpc) is 3.05. The maximum atomic E-state index is 14.2. The van der Waals surface area contributed by atoms with Crippen molar-refractivity contribution in [1.29, 1.82) is 0 Å². The molecule has 0 aliphatic rings. The summed E-state index contributed by atoms with van der Waals surface area (Å²) in [6.07, 6.45) is -1.97. The molecule has 0 saturated carbocycles. The lowest BCUT2D eigenvalue weighted by atomic mass is 9.94. The monoisotopic (exact) mass is 358 g/mol. The zero-order valence-electron chi connectivity index (χ0n) is 13.9. The highest BCUT2D eigenvalue weighted by atomic mass is 19.4. The van der Waals surface area contributed by atoms with Crippen molar-refractivity contribution in [3.8, 4) is 11.4 Å². The summed E-state index contributed by atoms with van der Waals surface area (Å²) in [4.78, 5) is 15.3. The van der Waals surface area contributed by atoms with Gasteiger partial charge in [-0.25, -0.2) is 4.39 Å². The molecule has 0 bridgehead atoms. The third-order valence-electron chi connectivity index (χ3n) is 4.13. The van der Waals surface area contributed by atoms with E-state index in [2.05, 4.69) is 14.7 Å². The summed E-state index contributed by atoms with van der Waals surface area (Å²) in [6, 6.07) is 3.48. The van der Waals surface area contributed by atoms with Gasteiger partial charge < -0.3 is 4.52 Å². The highest BCUT2D eigenvalue weighted by Gasteiger charge is 2.38. The Kier molecular flexibility index (Phi) is 5.92. The van der Waals surface area contributed by atoms with Crippen molar-refractivity contribution < 1.29 is 26.9 Å². The van der Waals surface area contributed by atoms with Crippen LogP contribution >= 0.6 is 0 Å². The number of nitrogens with zero attached hydrogens (tertiary/aromatic N) is 2. The standard InChI is InChI=1S/C17H18F4N2O2/c1-3-10(4-2)5-8-14(24)12-7-6-11(9-13(12)18)15-22-16(25-23-15)17(19,20)21/h6-7,9-10H,3-5,8H2,1-2H3. The summed E-state index contributed by atoms with van der Waals surface area (Å²) in [6.45, 7) is 4.07. The van der Waals surface area contributed by atoms with Crippen molar-refractivity contribution in [2.75, 3.05) is 0 Å². The van der Waals surface area contributed by atoms with Crippen LogP contribution in [0.4, 0.5) is 17.6 Å². The van der Waals surface area contributed by atoms with Crippen molar-refractivity contribution in [3.05, 3.63) is 35.5 Å². The minimum absolute atomic E-state index is 0.00768. The van der Waals surface area contributed by atoms with Crippen molar-refractivity contribution in [2.24, 2.45) is 5.92 Å². The van der Waals surface area contributed by atoms with E-state index in [1.165, 1.54) is 12.1 Å². The van der Waals surface area contributed by atoms with Gasteiger partial charge in [-0.15, -0.1) is 0 Å². The number of carbonyl (C=O) groups excluding carboxylic acids is 1. The maximum Gasteiger partial charge on any atom is 0.471 e. The van der Waals surface area contributed by atoms with Crippen LogP contribution in [0.5, 0.6) is 0 Å². The van der Waals surface area contributed by atoms with Gasteiger partial charge in [-0.2, -0.15) is 18.2 Å². The number of carbonyl (C=O) groups is 1. The van der Waals surface area contributed by atoms with Crippen LogP contribution in [0, 0.1) is 11.7 Å². The van der Waals surface area contributed by atoms with E-state index in [-0.39, 0.29) is 29.2 Å². The van der Waals surface area contributed by atoms with Gasteiger partial charge >= 0.3 is 12.1 Å². The molecule has 0 saturated heterocycles. The molecule has 25 heavy (non-hydrogen) atoms. The first-order chi connectivity index (χ1) is 11.8. The Bertz CT molecular complexity index is 736. The van der Waals surface area contributed by atoms with E-state index in [0.717, 1.165) is 18.9 Å². The molecule has 4 nitrogen and oxygen atoms in total.